The van der Waals surface area contributed by atoms with E-state index in [9.17, 15) is 9.18 Å². The van der Waals surface area contributed by atoms with Gasteiger partial charge in [0.25, 0.3) is 0 Å². The van der Waals surface area contributed by atoms with E-state index in [1.54, 1.807) is 0 Å². The van der Waals surface area contributed by atoms with Crippen LogP contribution in [0.25, 0.3) is 0 Å². The standard InChI is InChI=1S/C14H18FNO2/c1-10-9-16(7-8-18-10)11(2)14(17)12-3-5-13(15)6-4-12/h3-6,10-11H,7-9H2,1-2H3. The average Bonchev–Trinajstić information content (AvgIpc) is 2.38. The summed E-state index contributed by atoms with van der Waals surface area (Å²) in [5.41, 5.74) is 0.558. The number of Topliss-reactive ketones (excluding diaryl/α,β-unsaturated/α-hetero) is 1. The number of carbonyl (C=O) groups excluding carboxylic acids is 1. The van der Waals surface area contributed by atoms with Gasteiger partial charge >= 0.3 is 0 Å². The molecule has 1 heterocycles. The molecular formula is C14H18FNO2. The minimum Gasteiger partial charge on any atom is -0.376 e. The van der Waals surface area contributed by atoms with E-state index in [0.717, 1.165) is 13.1 Å². The summed E-state index contributed by atoms with van der Waals surface area (Å²) in [7, 11) is 0. The van der Waals surface area contributed by atoms with Crippen LogP contribution in [0.5, 0.6) is 0 Å². The third-order valence-electron chi connectivity index (χ3n) is 3.33. The van der Waals surface area contributed by atoms with Gasteiger partial charge in [-0.1, -0.05) is 0 Å². The highest BCUT2D eigenvalue weighted by Crippen LogP contribution is 2.13. The summed E-state index contributed by atoms with van der Waals surface area (Å²) < 4.78 is 18.3. The Bertz CT molecular complexity index is 418. The first kappa shape index (κ1) is 13.2. The van der Waals surface area contributed by atoms with Crippen LogP contribution < -0.4 is 0 Å². The highest BCUT2D eigenvalue weighted by atomic mass is 19.1. The van der Waals surface area contributed by atoms with E-state index in [0.29, 0.717) is 12.2 Å². The molecule has 0 amide bonds. The predicted octanol–water partition coefficient (Wildman–Crippen LogP) is 2.12. The summed E-state index contributed by atoms with van der Waals surface area (Å²) in [6.45, 7) is 6.07. The number of benzene rings is 1. The molecule has 0 bridgehead atoms. The third-order valence-corrected chi connectivity index (χ3v) is 3.33. The molecule has 3 nitrogen and oxygen atoms in total. The molecule has 1 fully saturated rings. The zero-order valence-corrected chi connectivity index (χ0v) is 10.7. The highest BCUT2D eigenvalue weighted by Gasteiger charge is 2.26. The second kappa shape index (κ2) is 5.59. The summed E-state index contributed by atoms with van der Waals surface area (Å²) in [5, 5.41) is 0. The fourth-order valence-corrected chi connectivity index (χ4v) is 2.22. The van der Waals surface area contributed by atoms with E-state index >= 15 is 0 Å². The molecule has 1 aromatic rings. The lowest BCUT2D eigenvalue weighted by Gasteiger charge is -2.34. The lowest BCUT2D eigenvalue weighted by atomic mass is 10.0. The van der Waals surface area contributed by atoms with Gasteiger partial charge in [0, 0.05) is 18.7 Å². The molecule has 2 unspecified atom stereocenters. The lowest BCUT2D eigenvalue weighted by molar-refractivity contribution is -0.0277. The SMILES string of the molecule is CC1CN(C(C)C(=O)c2ccc(F)cc2)CCO1. The first-order chi connectivity index (χ1) is 8.58. The molecule has 1 saturated heterocycles. The van der Waals surface area contributed by atoms with Gasteiger partial charge in [-0.05, 0) is 38.1 Å². The highest BCUT2D eigenvalue weighted by molar-refractivity contribution is 5.99. The van der Waals surface area contributed by atoms with Gasteiger partial charge in [-0.25, -0.2) is 4.39 Å². The second-order valence-electron chi connectivity index (χ2n) is 4.72. The molecule has 1 aromatic carbocycles. The fraction of sp³-hybridized carbons (Fsp3) is 0.500. The minimum absolute atomic E-state index is 0.0316. The van der Waals surface area contributed by atoms with E-state index < -0.39 is 0 Å². The van der Waals surface area contributed by atoms with Crippen LogP contribution in [0.2, 0.25) is 0 Å². The molecule has 0 aromatic heterocycles. The molecule has 0 radical (unpaired) electrons. The van der Waals surface area contributed by atoms with E-state index in [-0.39, 0.29) is 23.7 Å². The minimum atomic E-state index is -0.320. The maximum atomic E-state index is 12.8. The van der Waals surface area contributed by atoms with Gasteiger partial charge in [0.1, 0.15) is 5.82 Å². The summed E-state index contributed by atoms with van der Waals surface area (Å²) >= 11 is 0. The molecule has 1 aliphatic heterocycles. The number of carbonyl (C=O) groups is 1. The summed E-state index contributed by atoms with van der Waals surface area (Å²) in [5.74, 6) is -0.289. The van der Waals surface area contributed by atoms with Gasteiger partial charge in [-0.2, -0.15) is 0 Å². The van der Waals surface area contributed by atoms with Crippen molar-refractivity contribution < 1.29 is 13.9 Å². The van der Waals surface area contributed by atoms with Crippen molar-refractivity contribution in [3.8, 4) is 0 Å². The van der Waals surface area contributed by atoms with Gasteiger partial charge in [-0.3, -0.25) is 9.69 Å². The monoisotopic (exact) mass is 251 g/mol. The number of nitrogens with zero attached hydrogens (tertiary/aromatic N) is 1. The Balaban J connectivity index is 2.06. The van der Waals surface area contributed by atoms with Crippen molar-refractivity contribution in [2.75, 3.05) is 19.7 Å². The Morgan fingerprint density at radius 2 is 2.11 bits per heavy atom. The number of halogens is 1. The number of hydrogen-bond donors (Lipinski definition) is 0. The summed E-state index contributed by atoms with van der Waals surface area (Å²) in [6, 6.07) is 5.53. The number of hydrogen-bond acceptors (Lipinski definition) is 3. The number of ether oxygens (including phenoxy) is 1. The van der Waals surface area contributed by atoms with E-state index in [4.69, 9.17) is 4.74 Å². The first-order valence-corrected chi connectivity index (χ1v) is 6.23. The maximum Gasteiger partial charge on any atom is 0.179 e. The van der Waals surface area contributed by atoms with Crippen molar-refractivity contribution >= 4 is 5.78 Å². The van der Waals surface area contributed by atoms with Crippen LogP contribution >= 0.6 is 0 Å². The molecule has 1 aliphatic rings. The smallest absolute Gasteiger partial charge is 0.179 e. The number of morpholine rings is 1. The second-order valence-corrected chi connectivity index (χ2v) is 4.72. The molecule has 2 rings (SSSR count). The topological polar surface area (TPSA) is 29.5 Å². The van der Waals surface area contributed by atoms with Gasteiger partial charge in [-0.15, -0.1) is 0 Å². The van der Waals surface area contributed by atoms with Crippen LogP contribution in [-0.2, 0) is 4.74 Å². The van der Waals surface area contributed by atoms with Crippen molar-refractivity contribution in [1.82, 2.24) is 4.90 Å². The van der Waals surface area contributed by atoms with Crippen molar-refractivity contribution in [3.63, 3.8) is 0 Å². The normalized spacial score (nSPS) is 22.7. The Labute approximate surface area is 107 Å². The largest absolute Gasteiger partial charge is 0.376 e. The zero-order valence-electron chi connectivity index (χ0n) is 10.7. The van der Waals surface area contributed by atoms with E-state index in [2.05, 4.69) is 4.90 Å². The molecule has 0 saturated carbocycles. The first-order valence-electron chi connectivity index (χ1n) is 6.23. The van der Waals surface area contributed by atoms with Gasteiger partial charge < -0.3 is 4.74 Å². The van der Waals surface area contributed by atoms with Crippen molar-refractivity contribution in [1.29, 1.82) is 0 Å². The van der Waals surface area contributed by atoms with Crippen molar-refractivity contribution in [2.45, 2.75) is 26.0 Å². The van der Waals surface area contributed by atoms with Gasteiger partial charge in [0.2, 0.25) is 0 Å². The Kier molecular flexibility index (Phi) is 4.09. The van der Waals surface area contributed by atoms with E-state index in [1.807, 2.05) is 13.8 Å². The summed E-state index contributed by atoms with van der Waals surface area (Å²) in [6.07, 6.45) is 0.155. The van der Waals surface area contributed by atoms with Crippen LogP contribution in [0, 0.1) is 5.82 Å². The predicted molar refractivity (Wildman–Crippen MR) is 67.2 cm³/mol. The molecule has 0 N–H and O–H groups in total. The van der Waals surface area contributed by atoms with E-state index in [1.165, 1.54) is 24.3 Å². The third kappa shape index (κ3) is 2.94. The van der Waals surface area contributed by atoms with Crippen molar-refractivity contribution in [2.24, 2.45) is 0 Å². The number of rotatable bonds is 3. The Morgan fingerprint density at radius 1 is 1.44 bits per heavy atom. The molecule has 0 aliphatic carbocycles. The zero-order chi connectivity index (χ0) is 13.1. The van der Waals surface area contributed by atoms with Crippen LogP contribution in [0.4, 0.5) is 4.39 Å². The Morgan fingerprint density at radius 3 is 2.72 bits per heavy atom. The molecule has 2 atom stereocenters. The van der Waals surface area contributed by atoms with Crippen LogP contribution in [0.15, 0.2) is 24.3 Å². The summed E-state index contributed by atoms with van der Waals surface area (Å²) in [4.78, 5) is 14.4. The van der Waals surface area contributed by atoms with Crippen molar-refractivity contribution in [3.05, 3.63) is 35.6 Å². The molecule has 4 heteroatoms. The quantitative estimate of drug-likeness (QED) is 0.771. The average molecular weight is 251 g/mol. The molecule has 98 valence electrons. The number of ketones is 1. The molecule has 18 heavy (non-hydrogen) atoms. The maximum absolute atomic E-state index is 12.8. The van der Waals surface area contributed by atoms with Crippen LogP contribution in [-0.4, -0.2) is 42.5 Å². The van der Waals surface area contributed by atoms with Gasteiger partial charge in [0.05, 0.1) is 18.8 Å². The lowest BCUT2D eigenvalue weighted by Crippen LogP contribution is -2.48. The molecule has 0 spiro atoms. The fourth-order valence-electron chi connectivity index (χ4n) is 2.22. The van der Waals surface area contributed by atoms with Crippen LogP contribution in [0.3, 0.4) is 0 Å². The van der Waals surface area contributed by atoms with Gasteiger partial charge in [0.15, 0.2) is 5.78 Å². The van der Waals surface area contributed by atoms with Crippen LogP contribution in [0.1, 0.15) is 24.2 Å². The molecular weight excluding hydrogens is 233 g/mol. The Hall–Kier alpha value is -1.26.